The number of hydrogen-bond donors (Lipinski definition) is 1. The van der Waals surface area contributed by atoms with Crippen molar-refractivity contribution < 1.29 is 13.2 Å². The number of nitrogens with one attached hydrogen (secondary N) is 1. The molecule has 2 heterocycles. The van der Waals surface area contributed by atoms with Gasteiger partial charge in [-0.3, -0.25) is 5.32 Å². The van der Waals surface area contributed by atoms with Crippen LogP contribution in [0.4, 0.5) is 9.93 Å². The summed E-state index contributed by atoms with van der Waals surface area (Å²) in [7, 11) is -3.01. The minimum atomic E-state index is -3.01. The van der Waals surface area contributed by atoms with Crippen molar-refractivity contribution in [3.8, 4) is 0 Å². The average molecular weight is 387 g/mol. The third kappa shape index (κ3) is 4.43. The molecule has 1 N–H and O–H groups in total. The molecule has 0 atom stereocenters. The molecule has 3 rings (SSSR count). The molecule has 2 amide bonds. The monoisotopic (exact) mass is 386 g/mol. The minimum Gasteiger partial charge on any atom is -0.322 e. The molecule has 0 saturated carbocycles. The van der Waals surface area contributed by atoms with Gasteiger partial charge in [-0.2, -0.15) is 0 Å². The van der Waals surface area contributed by atoms with Crippen LogP contribution in [-0.4, -0.2) is 54.1 Å². The average Bonchev–Trinajstić information content (AvgIpc) is 2.96. The molecule has 1 aromatic heterocycles. The largest absolute Gasteiger partial charge is 0.323 e. The van der Waals surface area contributed by atoms with Crippen LogP contribution in [0, 0.1) is 0 Å². The van der Waals surface area contributed by atoms with Crippen molar-refractivity contribution in [1.82, 2.24) is 15.1 Å². The Hall–Kier alpha value is -1.71. The summed E-state index contributed by atoms with van der Waals surface area (Å²) in [6.45, 7) is 0.398. The van der Waals surface area contributed by atoms with Gasteiger partial charge in [0, 0.05) is 24.5 Å². The number of urea groups is 1. The molecule has 128 valence electrons. The van der Waals surface area contributed by atoms with Gasteiger partial charge in [0.1, 0.15) is 5.01 Å². The molecule has 0 unspecified atom stereocenters. The highest BCUT2D eigenvalue weighted by atomic mass is 35.5. The van der Waals surface area contributed by atoms with E-state index in [-0.39, 0.29) is 30.6 Å². The van der Waals surface area contributed by atoms with E-state index < -0.39 is 9.84 Å². The summed E-state index contributed by atoms with van der Waals surface area (Å²) in [6, 6.07) is 7.10. The molecular weight excluding hydrogens is 372 g/mol. The van der Waals surface area contributed by atoms with Crippen molar-refractivity contribution in [2.24, 2.45) is 0 Å². The van der Waals surface area contributed by atoms with E-state index >= 15 is 0 Å². The molecule has 0 bridgehead atoms. The lowest BCUT2D eigenvalue weighted by Gasteiger charge is -2.26. The summed E-state index contributed by atoms with van der Waals surface area (Å²) in [4.78, 5) is 13.6. The fraction of sp³-hybridized carbons (Fsp3) is 0.357. The highest BCUT2D eigenvalue weighted by Crippen LogP contribution is 2.20. The van der Waals surface area contributed by atoms with Crippen LogP contribution in [0.15, 0.2) is 24.3 Å². The van der Waals surface area contributed by atoms with Gasteiger partial charge in [-0.15, -0.1) is 10.2 Å². The number of aromatic nitrogens is 2. The van der Waals surface area contributed by atoms with E-state index in [0.717, 1.165) is 10.6 Å². The van der Waals surface area contributed by atoms with Crippen LogP contribution >= 0.6 is 22.9 Å². The Balaban J connectivity index is 1.57. The predicted molar refractivity (Wildman–Crippen MR) is 93.4 cm³/mol. The molecule has 1 aromatic carbocycles. The van der Waals surface area contributed by atoms with Gasteiger partial charge < -0.3 is 4.90 Å². The summed E-state index contributed by atoms with van der Waals surface area (Å²) in [6.07, 6.45) is 0.604. The number of hydrogen-bond acceptors (Lipinski definition) is 6. The van der Waals surface area contributed by atoms with E-state index in [1.54, 1.807) is 0 Å². The Morgan fingerprint density at radius 1 is 1.21 bits per heavy atom. The molecule has 7 nitrogen and oxygen atoms in total. The van der Waals surface area contributed by atoms with Crippen molar-refractivity contribution in [3.63, 3.8) is 0 Å². The van der Waals surface area contributed by atoms with Gasteiger partial charge in [-0.25, -0.2) is 13.2 Å². The van der Waals surface area contributed by atoms with Crippen molar-refractivity contribution >= 4 is 43.9 Å². The second kappa shape index (κ2) is 7.04. The van der Waals surface area contributed by atoms with Crippen molar-refractivity contribution in [2.45, 2.75) is 6.42 Å². The van der Waals surface area contributed by atoms with Crippen molar-refractivity contribution in [3.05, 3.63) is 39.9 Å². The van der Waals surface area contributed by atoms with Crippen LogP contribution < -0.4 is 5.32 Å². The fourth-order valence-electron chi connectivity index (χ4n) is 2.24. The molecule has 0 aliphatic carbocycles. The molecule has 1 saturated heterocycles. The Bertz CT molecular complexity index is 822. The lowest BCUT2D eigenvalue weighted by atomic mass is 10.2. The van der Waals surface area contributed by atoms with Gasteiger partial charge in [0.25, 0.3) is 0 Å². The number of anilines is 1. The molecule has 2 aromatic rings. The van der Waals surface area contributed by atoms with Gasteiger partial charge in [0.2, 0.25) is 5.13 Å². The summed E-state index contributed by atoms with van der Waals surface area (Å²) in [5.74, 6) is -0.00326. The second-order valence-electron chi connectivity index (χ2n) is 5.37. The van der Waals surface area contributed by atoms with E-state index in [2.05, 4.69) is 15.5 Å². The Morgan fingerprint density at radius 2 is 1.88 bits per heavy atom. The molecular formula is C14H15ClN4O3S2. The number of carbonyl (C=O) groups is 1. The third-order valence-electron chi connectivity index (χ3n) is 3.58. The lowest BCUT2D eigenvalue weighted by Crippen LogP contribution is -2.45. The number of rotatable bonds is 3. The maximum absolute atomic E-state index is 12.1. The molecule has 1 aliphatic rings. The first-order chi connectivity index (χ1) is 11.4. The minimum absolute atomic E-state index is 0.00163. The number of carbonyl (C=O) groups excluding carboxylic acids is 1. The highest BCUT2D eigenvalue weighted by Gasteiger charge is 2.25. The lowest BCUT2D eigenvalue weighted by molar-refractivity contribution is 0.216. The van der Waals surface area contributed by atoms with E-state index in [4.69, 9.17) is 11.6 Å². The smallest absolute Gasteiger partial charge is 0.322 e. The number of amides is 2. The first kappa shape index (κ1) is 17.1. The highest BCUT2D eigenvalue weighted by molar-refractivity contribution is 7.91. The molecule has 1 aliphatic heterocycles. The standard InChI is InChI=1S/C14H15ClN4O3S2/c15-11-3-1-10(2-4-11)9-12-17-18-13(23-12)16-14(20)19-5-7-24(21,22)8-6-19/h1-4H,5-9H2,(H,16,18,20). The topological polar surface area (TPSA) is 92.3 Å². The first-order valence-electron chi connectivity index (χ1n) is 7.24. The summed E-state index contributed by atoms with van der Waals surface area (Å²) < 4.78 is 22.8. The zero-order chi connectivity index (χ0) is 17.2. The maximum atomic E-state index is 12.1. The van der Waals surface area contributed by atoms with Crippen LogP contribution in [0.25, 0.3) is 0 Å². The molecule has 24 heavy (non-hydrogen) atoms. The van der Waals surface area contributed by atoms with E-state index in [0.29, 0.717) is 16.6 Å². The predicted octanol–water partition coefficient (Wildman–Crippen LogP) is 2.04. The summed E-state index contributed by atoms with van der Waals surface area (Å²) in [5, 5.41) is 12.5. The van der Waals surface area contributed by atoms with Gasteiger partial charge in [0.05, 0.1) is 11.5 Å². The zero-order valence-electron chi connectivity index (χ0n) is 12.6. The summed E-state index contributed by atoms with van der Waals surface area (Å²) in [5.41, 5.74) is 1.05. The normalized spacial score (nSPS) is 16.8. The SMILES string of the molecule is O=C(Nc1nnc(Cc2ccc(Cl)cc2)s1)N1CCS(=O)(=O)CC1. The van der Waals surface area contributed by atoms with Gasteiger partial charge in [-0.05, 0) is 17.7 Å². The van der Waals surface area contributed by atoms with Crippen LogP contribution in [0.1, 0.15) is 10.6 Å². The fourth-order valence-corrected chi connectivity index (χ4v) is 4.33. The van der Waals surface area contributed by atoms with E-state index in [1.807, 2.05) is 24.3 Å². The molecule has 10 heteroatoms. The Morgan fingerprint density at radius 3 is 2.54 bits per heavy atom. The van der Waals surface area contributed by atoms with Crippen molar-refractivity contribution in [1.29, 1.82) is 0 Å². The van der Waals surface area contributed by atoms with Crippen molar-refractivity contribution in [2.75, 3.05) is 29.9 Å². The Labute approximate surface area is 148 Å². The summed E-state index contributed by atoms with van der Waals surface area (Å²) >= 11 is 7.14. The second-order valence-corrected chi connectivity index (χ2v) is 9.18. The zero-order valence-corrected chi connectivity index (χ0v) is 15.0. The quantitative estimate of drug-likeness (QED) is 0.871. The Kier molecular flexibility index (Phi) is 5.02. The maximum Gasteiger partial charge on any atom is 0.323 e. The molecule has 0 radical (unpaired) electrons. The third-order valence-corrected chi connectivity index (χ3v) is 6.28. The molecule has 1 fully saturated rings. The number of sulfone groups is 1. The molecule has 0 spiro atoms. The van der Waals surface area contributed by atoms with E-state index in [9.17, 15) is 13.2 Å². The first-order valence-corrected chi connectivity index (χ1v) is 10.3. The number of benzene rings is 1. The van der Waals surface area contributed by atoms with Crippen LogP contribution in [-0.2, 0) is 16.3 Å². The van der Waals surface area contributed by atoms with Crippen LogP contribution in [0.2, 0.25) is 5.02 Å². The van der Waals surface area contributed by atoms with Gasteiger partial charge >= 0.3 is 6.03 Å². The number of nitrogens with zero attached hydrogens (tertiary/aromatic N) is 3. The van der Waals surface area contributed by atoms with Crippen LogP contribution in [0.3, 0.4) is 0 Å². The van der Waals surface area contributed by atoms with Gasteiger partial charge in [0.15, 0.2) is 9.84 Å². The number of halogens is 1. The van der Waals surface area contributed by atoms with Gasteiger partial charge in [-0.1, -0.05) is 35.1 Å². The van der Waals surface area contributed by atoms with E-state index in [1.165, 1.54) is 16.2 Å². The van der Waals surface area contributed by atoms with Crippen LogP contribution in [0.5, 0.6) is 0 Å².